The summed E-state index contributed by atoms with van der Waals surface area (Å²) >= 11 is 1.23. The molecule has 160 valence electrons. The maximum Gasteiger partial charge on any atom is 0.341 e. The molecule has 0 aliphatic heterocycles. The van der Waals surface area contributed by atoms with Crippen LogP contribution in [0.4, 0.5) is 10.7 Å². The number of hydrogen-bond donors (Lipinski definition) is 1. The van der Waals surface area contributed by atoms with Gasteiger partial charge in [0.15, 0.2) is 0 Å². The number of carbonyl (C=O) groups is 2. The second-order valence-corrected chi connectivity index (χ2v) is 7.98. The number of anilines is 1. The summed E-state index contributed by atoms with van der Waals surface area (Å²) in [7, 11) is 0. The first-order valence-corrected chi connectivity index (χ1v) is 10.5. The zero-order chi connectivity index (χ0) is 22.7. The number of amides is 1. The molecule has 7 nitrogen and oxygen atoms in total. The smallest absolute Gasteiger partial charge is 0.341 e. The number of nitrogens with zero attached hydrogens (tertiary/aromatic N) is 1. The van der Waals surface area contributed by atoms with E-state index in [1.54, 1.807) is 13.8 Å². The molecule has 3 aromatic rings. The Kier molecular flexibility index (Phi) is 6.50. The molecule has 2 aromatic carbocycles. The number of nitro benzene ring substituents is 1. The number of esters is 1. The normalized spacial score (nSPS) is 10.6. The van der Waals surface area contributed by atoms with Gasteiger partial charge < -0.3 is 10.1 Å². The fraction of sp³-hybridized carbons (Fsp3) is 0.217. The van der Waals surface area contributed by atoms with Crippen molar-refractivity contribution in [3.05, 3.63) is 79.7 Å². The average molecular weight is 439 g/mol. The van der Waals surface area contributed by atoms with Crippen LogP contribution < -0.4 is 5.32 Å². The van der Waals surface area contributed by atoms with E-state index in [4.69, 9.17) is 4.74 Å². The molecule has 1 aromatic heterocycles. The number of thiophene rings is 1. The molecule has 31 heavy (non-hydrogen) atoms. The molecule has 0 atom stereocenters. The first-order chi connectivity index (χ1) is 14.7. The van der Waals surface area contributed by atoms with E-state index in [0.29, 0.717) is 21.7 Å². The predicted molar refractivity (Wildman–Crippen MR) is 121 cm³/mol. The Labute approximate surface area is 183 Å². The molecule has 8 heteroatoms. The van der Waals surface area contributed by atoms with Gasteiger partial charge in [-0.1, -0.05) is 23.8 Å². The zero-order valence-corrected chi connectivity index (χ0v) is 18.5. The molecule has 1 N–H and O–H groups in total. The highest BCUT2D eigenvalue weighted by Gasteiger charge is 2.24. The summed E-state index contributed by atoms with van der Waals surface area (Å²) in [5.41, 5.74) is 4.57. The van der Waals surface area contributed by atoms with Crippen molar-refractivity contribution in [3.8, 4) is 11.1 Å². The molecule has 0 aliphatic carbocycles. The molecule has 0 saturated heterocycles. The second kappa shape index (κ2) is 9.09. The summed E-state index contributed by atoms with van der Waals surface area (Å²) in [5, 5.41) is 16.0. The van der Waals surface area contributed by atoms with Crippen LogP contribution in [0.3, 0.4) is 0 Å². The minimum atomic E-state index is -0.520. The monoisotopic (exact) mass is 438 g/mol. The summed E-state index contributed by atoms with van der Waals surface area (Å²) in [6.07, 6.45) is 0. The molecule has 0 radical (unpaired) electrons. The SMILES string of the molecule is CCOC(=O)c1c(-c2ccc(C)cc2C)csc1NC(=O)c1ccc([N+](=O)[O-])c(C)c1. The van der Waals surface area contributed by atoms with Crippen LogP contribution in [0.15, 0.2) is 41.8 Å². The van der Waals surface area contributed by atoms with Crippen LogP contribution >= 0.6 is 11.3 Å². The van der Waals surface area contributed by atoms with Crippen molar-refractivity contribution in [2.75, 3.05) is 11.9 Å². The molecular formula is C23H22N2O5S. The van der Waals surface area contributed by atoms with Gasteiger partial charge in [-0.3, -0.25) is 14.9 Å². The van der Waals surface area contributed by atoms with Crippen molar-refractivity contribution >= 4 is 33.9 Å². The van der Waals surface area contributed by atoms with Crippen molar-refractivity contribution in [2.24, 2.45) is 0 Å². The van der Waals surface area contributed by atoms with Crippen LogP contribution in [0.25, 0.3) is 11.1 Å². The number of hydrogen-bond acceptors (Lipinski definition) is 6. The summed E-state index contributed by atoms with van der Waals surface area (Å²) in [6, 6.07) is 10.1. The van der Waals surface area contributed by atoms with E-state index in [1.165, 1.54) is 29.5 Å². The lowest BCUT2D eigenvalue weighted by atomic mass is 9.97. The number of rotatable bonds is 6. The maximum absolute atomic E-state index is 12.8. The van der Waals surface area contributed by atoms with E-state index >= 15 is 0 Å². The van der Waals surface area contributed by atoms with Gasteiger partial charge in [0.05, 0.1) is 11.5 Å². The lowest BCUT2D eigenvalue weighted by Gasteiger charge is -2.11. The third kappa shape index (κ3) is 4.64. The lowest BCUT2D eigenvalue weighted by Crippen LogP contribution is -2.15. The predicted octanol–water partition coefficient (Wildman–Crippen LogP) is 5.68. The minimum absolute atomic E-state index is 0.0583. The summed E-state index contributed by atoms with van der Waals surface area (Å²) in [4.78, 5) is 36.1. The highest BCUT2D eigenvalue weighted by Crippen LogP contribution is 2.38. The van der Waals surface area contributed by atoms with E-state index in [1.807, 2.05) is 37.4 Å². The van der Waals surface area contributed by atoms with E-state index in [-0.39, 0.29) is 17.9 Å². The Bertz CT molecular complexity index is 1180. The van der Waals surface area contributed by atoms with Gasteiger partial charge in [-0.15, -0.1) is 11.3 Å². The van der Waals surface area contributed by atoms with Crippen LogP contribution in [0.5, 0.6) is 0 Å². The first-order valence-electron chi connectivity index (χ1n) is 9.65. The van der Waals surface area contributed by atoms with Crippen LogP contribution in [0.1, 0.15) is 44.3 Å². The molecule has 1 heterocycles. The average Bonchev–Trinajstić information content (AvgIpc) is 3.11. The number of benzene rings is 2. The van der Waals surface area contributed by atoms with Gasteiger partial charge in [0.1, 0.15) is 10.6 Å². The highest BCUT2D eigenvalue weighted by atomic mass is 32.1. The maximum atomic E-state index is 12.8. The second-order valence-electron chi connectivity index (χ2n) is 7.10. The molecule has 1 amide bonds. The van der Waals surface area contributed by atoms with Crippen LogP contribution in [-0.4, -0.2) is 23.4 Å². The lowest BCUT2D eigenvalue weighted by molar-refractivity contribution is -0.385. The molecule has 0 saturated carbocycles. The Morgan fingerprint density at radius 1 is 1.06 bits per heavy atom. The molecule has 3 rings (SSSR count). The number of nitrogens with one attached hydrogen (secondary N) is 1. The standard InChI is InChI=1S/C23H22N2O5S/c1-5-30-23(27)20-18(17-8-6-13(2)10-14(17)3)12-31-22(20)24-21(26)16-7-9-19(25(28)29)15(4)11-16/h6-12H,5H2,1-4H3,(H,24,26). The molecule has 0 fully saturated rings. The Hall–Kier alpha value is -3.52. The van der Waals surface area contributed by atoms with Crippen molar-refractivity contribution in [2.45, 2.75) is 27.7 Å². The van der Waals surface area contributed by atoms with Gasteiger partial charge in [-0.2, -0.15) is 0 Å². The fourth-order valence-corrected chi connectivity index (χ4v) is 4.29. The van der Waals surface area contributed by atoms with E-state index < -0.39 is 16.8 Å². The van der Waals surface area contributed by atoms with Crippen molar-refractivity contribution in [1.82, 2.24) is 0 Å². The molecule has 0 bridgehead atoms. The summed E-state index contributed by atoms with van der Waals surface area (Å²) in [6.45, 7) is 7.46. The topological polar surface area (TPSA) is 98.5 Å². The highest BCUT2D eigenvalue weighted by molar-refractivity contribution is 7.15. The number of carbonyl (C=O) groups excluding carboxylic acids is 2. The molecule has 0 aliphatic rings. The number of nitro groups is 1. The summed E-state index contributed by atoms with van der Waals surface area (Å²) in [5.74, 6) is -0.980. The van der Waals surface area contributed by atoms with Gasteiger partial charge in [0, 0.05) is 28.1 Å². The molecule has 0 unspecified atom stereocenters. The van der Waals surface area contributed by atoms with Crippen LogP contribution in [0, 0.1) is 30.9 Å². The molecule has 0 spiro atoms. The first kappa shape index (κ1) is 22.2. The van der Waals surface area contributed by atoms with Gasteiger partial charge >= 0.3 is 5.97 Å². The minimum Gasteiger partial charge on any atom is -0.462 e. The Morgan fingerprint density at radius 3 is 2.42 bits per heavy atom. The summed E-state index contributed by atoms with van der Waals surface area (Å²) < 4.78 is 5.24. The molecular weight excluding hydrogens is 416 g/mol. The van der Waals surface area contributed by atoms with Gasteiger partial charge in [-0.05, 0) is 51.0 Å². The number of aryl methyl sites for hydroxylation is 3. The van der Waals surface area contributed by atoms with Crippen molar-refractivity contribution in [3.63, 3.8) is 0 Å². The Balaban J connectivity index is 2.00. The van der Waals surface area contributed by atoms with Crippen LogP contribution in [0.2, 0.25) is 0 Å². The zero-order valence-electron chi connectivity index (χ0n) is 17.6. The van der Waals surface area contributed by atoms with E-state index in [9.17, 15) is 19.7 Å². The third-order valence-electron chi connectivity index (χ3n) is 4.83. The number of ether oxygens (including phenoxy) is 1. The van der Waals surface area contributed by atoms with Gasteiger partial charge in [0.25, 0.3) is 11.6 Å². The third-order valence-corrected chi connectivity index (χ3v) is 5.72. The van der Waals surface area contributed by atoms with Gasteiger partial charge in [-0.25, -0.2) is 4.79 Å². The van der Waals surface area contributed by atoms with E-state index in [0.717, 1.165) is 16.7 Å². The Morgan fingerprint density at radius 2 is 1.81 bits per heavy atom. The van der Waals surface area contributed by atoms with Crippen LogP contribution in [-0.2, 0) is 4.74 Å². The van der Waals surface area contributed by atoms with Gasteiger partial charge in [0.2, 0.25) is 0 Å². The fourth-order valence-electron chi connectivity index (χ4n) is 3.35. The van der Waals surface area contributed by atoms with Crippen molar-refractivity contribution in [1.29, 1.82) is 0 Å². The largest absolute Gasteiger partial charge is 0.462 e. The van der Waals surface area contributed by atoms with Crippen molar-refractivity contribution < 1.29 is 19.2 Å². The quantitative estimate of drug-likeness (QED) is 0.303. The van der Waals surface area contributed by atoms with E-state index in [2.05, 4.69) is 5.32 Å².